The number of hydrogen-bond acceptors (Lipinski definition) is 2. The average Bonchev–Trinajstić information content (AvgIpc) is 2.85. The molecule has 0 aliphatic carbocycles. The van der Waals surface area contributed by atoms with Gasteiger partial charge in [-0.05, 0) is 44.0 Å². The number of alkyl halides is 1. The second-order valence-electron chi connectivity index (χ2n) is 5.06. The van der Waals surface area contributed by atoms with Crippen LogP contribution >= 0.6 is 15.9 Å². The Bertz CT molecular complexity index is 459. The third-order valence-corrected chi connectivity index (χ3v) is 3.91. The van der Waals surface area contributed by atoms with Crippen molar-refractivity contribution in [2.24, 2.45) is 0 Å². The zero-order chi connectivity index (χ0) is 13.8. The number of ether oxygens (including phenoxy) is 1. The van der Waals surface area contributed by atoms with Gasteiger partial charge in [-0.1, -0.05) is 15.9 Å². The Morgan fingerprint density at radius 3 is 2.95 bits per heavy atom. The highest BCUT2D eigenvalue weighted by molar-refractivity contribution is 9.09. The molecule has 104 valence electrons. The molecule has 1 amide bonds. The maximum atomic E-state index is 12.6. The Morgan fingerprint density at radius 1 is 1.47 bits per heavy atom. The van der Waals surface area contributed by atoms with Crippen LogP contribution in [0.1, 0.15) is 36.2 Å². The average molecular weight is 326 g/mol. The number of amides is 1. The van der Waals surface area contributed by atoms with Crippen molar-refractivity contribution in [3.05, 3.63) is 29.3 Å². The van der Waals surface area contributed by atoms with Gasteiger partial charge in [0, 0.05) is 29.9 Å². The molecule has 0 saturated heterocycles. The number of fused-ring (bicyclic) bond motifs is 1. The molecule has 1 aromatic carbocycles. The van der Waals surface area contributed by atoms with Crippen LogP contribution in [0.25, 0.3) is 0 Å². The quantitative estimate of drug-likeness (QED) is 0.778. The molecular weight excluding hydrogens is 306 g/mol. The topological polar surface area (TPSA) is 29.5 Å². The van der Waals surface area contributed by atoms with E-state index in [2.05, 4.69) is 29.8 Å². The first-order valence-electron chi connectivity index (χ1n) is 6.76. The van der Waals surface area contributed by atoms with Crippen LogP contribution in [0.4, 0.5) is 0 Å². The molecule has 1 aliphatic heterocycles. The maximum absolute atomic E-state index is 12.6. The molecule has 0 unspecified atom stereocenters. The number of carbonyl (C=O) groups excluding carboxylic acids is 1. The Labute approximate surface area is 123 Å². The van der Waals surface area contributed by atoms with Crippen LogP contribution in [-0.4, -0.2) is 35.3 Å². The molecule has 0 saturated carbocycles. The van der Waals surface area contributed by atoms with E-state index in [-0.39, 0.29) is 11.9 Å². The molecule has 0 radical (unpaired) electrons. The lowest BCUT2D eigenvalue weighted by Crippen LogP contribution is -2.37. The van der Waals surface area contributed by atoms with Gasteiger partial charge in [0.25, 0.3) is 5.91 Å². The van der Waals surface area contributed by atoms with Crippen LogP contribution in [0, 0.1) is 0 Å². The molecule has 0 aromatic heterocycles. The number of carbonyl (C=O) groups is 1. The summed E-state index contributed by atoms with van der Waals surface area (Å²) in [5, 5.41) is 0.918. The van der Waals surface area contributed by atoms with Gasteiger partial charge in [0.1, 0.15) is 5.75 Å². The second-order valence-corrected chi connectivity index (χ2v) is 5.85. The van der Waals surface area contributed by atoms with Gasteiger partial charge in [-0.25, -0.2) is 0 Å². The first-order chi connectivity index (χ1) is 9.13. The van der Waals surface area contributed by atoms with E-state index in [4.69, 9.17) is 4.74 Å². The monoisotopic (exact) mass is 325 g/mol. The van der Waals surface area contributed by atoms with Crippen LogP contribution in [0.2, 0.25) is 0 Å². The fourth-order valence-electron chi connectivity index (χ4n) is 2.31. The van der Waals surface area contributed by atoms with E-state index in [0.29, 0.717) is 0 Å². The zero-order valence-electron chi connectivity index (χ0n) is 11.5. The lowest BCUT2D eigenvalue weighted by atomic mass is 10.1. The molecule has 0 fully saturated rings. The SMILES string of the molecule is CC(C)N(CCCBr)C(=O)c1ccc2c(c1)CCO2. The Morgan fingerprint density at radius 2 is 2.26 bits per heavy atom. The first-order valence-corrected chi connectivity index (χ1v) is 7.88. The van der Waals surface area contributed by atoms with Gasteiger partial charge in [-0.3, -0.25) is 4.79 Å². The summed E-state index contributed by atoms with van der Waals surface area (Å²) in [5.74, 6) is 1.04. The van der Waals surface area contributed by atoms with Crippen molar-refractivity contribution in [2.75, 3.05) is 18.5 Å². The summed E-state index contributed by atoms with van der Waals surface area (Å²) < 4.78 is 5.47. The van der Waals surface area contributed by atoms with Gasteiger partial charge in [0.2, 0.25) is 0 Å². The minimum Gasteiger partial charge on any atom is -0.493 e. The van der Waals surface area contributed by atoms with E-state index in [1.165, 1.54) is 0 Å². The first kappa shape index (κ1) is 14.4. The molecule has 3 nitrogen and oxygen atoms in total. The summed E-state index contributed by atoms with van der Waals surface area (Å²) in [6, 6.07) is 5.99. The van der Waals surface area contributed by atoms with Crippen molar-refractivity contribution < 1.29 is 9.53 Å². The zero-order valence-corrected chi connectivity index (χ0v) is 13.1. The van der Waals surface area contributed by atoms with Gasteiger partial charge in [-0.15, -0.1) is 0 Å². The summed E-state index contributed by atoms with van der Waals surface area (Å²) in [4.78, 5) is 14.5. The summed E-state index contributed by atoms with van der Waals surface area (Å²) in [6.07, 6.45) is 1.87. The molecule has 0 N–H and O–H groups in total. The Balaban J connectivity index is 2.16. The maximum Gasteiger partial charge on any atom is 0.254 e. The summed E-state index contributed by atoms with van der Waals surface area (Å²) in [5.41, 5.74) is 1.92. The van der Waals surface area contributed by atoms with Crippen LogP contribution in [0.3, 0.4) is 0 Å². The normalized spacial score (nSPS) is 13.3. The van der Waals surface area contributed by atoms with Crippen LogP contribution in [-0.2, 0) is 6.42 Å². The molecule has 0 spiro atoms. The smallest absolute Gasteiger partial charge is 0.254 e. The van der Waals surface area contributed by atoms with Gasteiger partial charge < -0.3 is 9.64 Å². The van der Waals surface area contributed by atoms with Gasteiger partial charge in [-0.2, -0.15) is 0 Å². The largest absolute Gasteiger partial charge is 0.493 e. The standard InChI is InChI=1S/C15H20BrNO2/c1-11(2)17(8-3-7-16)15(18)13-4-5-14-12(10-13)6-9-19-14/h4-5,10-11H,3,6-9H2,1-2H3. The number of benzene rings is 1. The summed E-state index contributed by atoms with van der Waals surface area (Å²) >= 11 is 3.42. The molecule has 1 heterocycles. The van der Waals surface area contributed by atoms with E-state index < -0.39 is 0 Å². The van der Waals surface area contributed by atoms with E-state index in [1.54, 1.807) is 0 Å². The van der Waals surface area contributed by atoms with Crippen molar-refractivity contribution in [2.45, 2.75) is 32.7 Å². The molecule has 4 heteroatoms. The lowest BCUT2D eigenvalue weighted by molar-refractivity contribution is 0.0706. The predicted octanol–water partition coefficient (Wildman–Crippen LogP) is 3.26. The highest BCUT2D eigenvalue weighted by Crippen LogP contribution is 2.26. The minimum atomic E-state index is 0.116. The fourth-order valence-corrected chi connectivity index (χ4v) is 2.56. The molecule has 1 aromatic rings. The number of halogens is 1. The third kappa shape index (κ3) is 3.30. The molecular formula is C15H20BrNO2. The molecule has 1 aliphatic rings. The Kier molecular flexibility index (Phi) is 4.86. The van der Waals surface area contributed by atoms with Gasteiger partial charge in [0.05, 0.1) is 6.61 Å². The summed E-state index contributed by atoms with van der Waals surface area (Å²) in [7, 11) is 0. The van der Waals surface area contributed by atoms with Crippen LogP contribution < -0.4 is 4.74 Å². The van der Waals surface area contributed by atoms with Crippen molar-refractivity contribution >= 4 is 21.8 Å². The minimum absolute atomic E-state index is 0.116. The Hall–Kier alpha value is -1.03. The van der Waals surface area contributed by atoms with Crippen molar-refractivity contribution in [3.63, 3.8) is 0 Å². The van der Waals surface area contributed by atoms with Gasteiger partial charge >= 0.3 is 0 Å². The number of nitrogens with zero attached hydrogens (tertiary/aromatic N) is 1. The van der Waals surface area contributed by atoms with Crippen molar-refractivity contribution in [3.8, 4) is 5.75 Å². The van der Waals surface area contributed by atoms with Crippen molar-refractivity contribution in [1.82, 2.24) is 4.90 Å². The fraction of sp³-hybridized carbons (Fsp3) is 0.533. The van der Waals surface area contributed by atoms with E-state index in [0.717, 1.165) is 48.2 Å². The van der Waals surface area contributed by atoms with E-state index in [1.807, 2.05) is 23.1 Å². The lowest BCUT2D eigenvalue weighted by Gasteiger charge is -2.26. The third-order valence-electron chi connectivity index (χ3n) is 3.35. The van der Waals surface area contributed by atoms with E-state index in [9.17, 15) is 4.79 Å². The number of hydrogen-bond donors (Lipinski definition) is 0. The van der Waals surface area contributed by atoms with Crippen LogP contribution in [0.15, 0.2) is 18.2 Å². The molecule has 0 atom stereocenters. The summed E-state index contributed by atoms with van der Waals surface area (Å²) in [6.45, 7) is 5.63. The predicted molar refractivity (Wildman–Crippen MR) is 80.2 cm³/mol. The highest BCUT2D eigenvalue weighted by Gasteiger charge is 2.20. The highest BCUT2D eigenvalue weighted by atomic mass is 79.9. The van der Waals surface area contributed by atoms with E-state index >= 15 is 0 Å². The molecule has 0 bridgehead atoms. The van der Waals surface area contributed by atoms with Crippen molar-refractivity contribution in [1.29, 1.82) is 0 Å². The number of rotatable bonds is 5. The molecule has 19 heavy (non-hydrogen) atoms. The molecule has 2 rings (SSSR count). The van der Waals surface area contributed by atoms with Gasteiger partial charge in [0.15, 0.2) is 0 Å². The second kappa shape index (κ2) is 6.42. The van der Waals surface area contributed by atoms with Crippen LogP contribution in [0.5, 0.6) is 5.75 Å².